The Kier molecular flexibility index (Phi) is 2.44. The number of carboxylic acids is 1. The minimum absolute atomic E-state index is 0.0556. The van der Waals surface area contributed by atoms with Crippen LogP contribution in [0.5, 0.6) is 0 Å². The SMILES string of the molecule is CN1C(=O)Cc2cc(C(N)C3(C(=O)O)CC3)ccc21. The van der Waals surface area contributed by atoms with Gasteiger partial charge in [0.15, 0.2) is 0 Å². The van der Waals surface area contributed by atoms with Gasteiger partial charge in [0.2, 0.25) is 5.91 Å². The van der Waals surface area contributed by atoms with Crippen LogP contribution in [0.15, 0.2) is 18.2 Å². The molecule has 3 N–H and O–H groups in total. The van der Waals surface area contributed by atoms with Crippen LogP contribution in [0.1, 0.15) is 30.0 Å². The van der Waals surface area contributed by atoms with Crippen molar-refractivity contribution in [2.24, 2.45) is 11.1 Å². The number of aliphatic carboxylic acids is 1. The second kappa shape index (κ2) is 3.81. The first-order chi connectivity index (χ1) is 8.95. The number of nitrogens with two attached hydrogens (primary N) is 1. The van der Waals surface area contributed by atoms with Crippen molar-refractivity contribution in [3.05, 3.63) is 29.3 Å². The Morgan fingerprint density at radius 2 is 2.16 bits per heavy atom. The van der Waals surface area contributed by atoms with Crippen LogP contribution in [-0.2, 0) is 16.0 Å². The van der Waals surface area contributed by atoms with Crippen molar-refractivity contribution in [3.8, 4) is 0 Å². The lowest BCUT2D eigenvalue weighted by Crippen LogP contribution is -2.29. The van der Waals surface area contributed by atoms with Crippen LogP contribution >= 0.6 is 0 Å². The molecule has 0 aromatic heterocycles. The summed E-state index contributed by atoms with van der Waals surface area (Å²) in [6, 6.07) is 5.07. The Morgan fingerprint density at radius 3 is 2.74 bits per heavy atom. The van der Waals surface area contributed by atoms with Crippen LogP contribution < -0.4 is 10.6 Å². The van der Waals surface area contributed by atoms with E-state index in [1.54, 1.807) is 11.9 Å². The Labute approximate surface area is 111 Å². The number of hydrogen-bond acceptors (Lipinski definition) is 3. The number of hydrogen-bond donors (Lipinski definition) is 2. The summed E-state index contributed by atoms with van der Waals surface area (Å²) in [4.78, 5) is 24.5. The van der Waals surface area contributed by atoms with Crippen LogP contribution in [0.2, 0.25) is 0 Å². The number of carbonyl (C=O) groups excluding carboxylic acids is 1. The first-order valence-electron chi connectivity index (χ1n) is 6.34. The van der Waals surface area contributed by atoms with Crippen molar-refractivity contribution < 1.29 is 14.7 Å². The van der Waals surface area contributed by atoms with E-state index in [0.717, 1.165) is 16.8 Å². The third-order valence-electron chi connectivity index (χ3n) is 4.35. The molecule has 5 heteroatoms. The summed E-state index contributed by atoms with van der Waals surface area (Å²) in [6.45, 7) is 0. The fourth-order valence-electron chi connectivity index (χ4n) is 2.80. The number of nitrogens with zero attached hydrogens (tertiary/aromatic N) is 1. The van der Waals surface area contributed by atoms with Gasteiger partial charge in [-0.1, -0.05) is 12.1 Å². The zero-order valence-corrected chi connectivity index (χ0v) is 10.7. The highest BCUT2D eigenvalue weighted by Gasteiger charge is 2.55. The van der Waals surface area contributed by atoms with E-state index >= 15 is 0 Å². The highest BCUT2D eigenvalue weighted by atomic mass is 16.4. The summed E-state index contributed by atoms with van der Waals surface area (Å²) in [5.74, 6) is -0.770. The second-order valence-electron chi connectivity index (χ2n) is 5.46. The molecule has 1 aliphatic carbocycles. The molecule has 1 aliphatic heterocycles. The number of amides is 1. The summed E-state index contributed by atoms with van der Waals surface area (Å²) in [5.41, 5.74) is 7.95. The maximum absolute atomic E-state index is 11.6. The number of carbonyl (C=O) groups is 2. The van der Waals surface area contributed by atoms with Gasteiger partial charge >= 0.3 is 5.97 Å². The summed E-state index contributed by atoms with van der Waals surface area (Å²) >= 11 is 0. The minimum atomic E-state index is -0.825. The second-order valence-corrected chi connectivity index (χ2v) is 5.46. The van der Waals surface area contributed by atoms with Crippen LogP contribution in [0.25, 0.3) is 0 Å². The Balaban J connectivity index is 1.94. The third-order valence-corrected chi connectivity index (χ3v) is 4.35. The molecule has 3 rings (SSSR count). The number of fused-ring (bicyclic) bond motifs is 1. The van der Waals surface area contributed by atoms with E-state index in [1.165, 1.54) is 0 Å². The van der Waals surface area contributed by atoms with Crippen LogP contribution in [0.3, 0.4) is 0 Å². The maximum atomic E-state index is 11.6. The molecule has 0 spiro atoms. The molecule has 5 nitrogen and oxygen atoms in total. The van der Waals surface area contributed by atoms with Gasteiger partial charge in [-0.2, -0.15) is 0 Å². The van der Waals surface area contributed by atoms with Crippen molar-refractivity contribution in [1.29, 1.82) is 0 Å². The standard InChI is InChI=1S/C14H16N2O3/c1-16-10-3-2-8(6-9(10)7-11(16)17)12(15)14(4-5-14)13(18)19/h2-3,6,12H,4-5,7,15H2,1H3,(H,18,19). The van der Waals surface area contributed by atoms with E-state index in [1.807, 2.05) is 18.2 Å². The van der Waals surface area contributed by atoms with Crippen LogP contribution in [0.4, 0.5) is 5.69 Å². The van der Waals surface area contributed by atoms with Gasteiger partial charge in [0.05, 0.1) is 11.8 Å². The lowest BCUT2D eigenvalue weighted by atomic mass is 9.89. The predicted molar refractivity (Wildman–Crippen MR) is 69.8 cm³/mol. The minimum Gasteiger partial charge on any atom is -0.481 e. The van der Waals surface area contributed by atoms with E-state index in [9.17, 15) is 14.7 Å². The highest BCUT2D eigenvalue weighted by Crippen LogP contribution is 2.54. The molecule has 0 radical (unpaired) electrons. The Bertz CT molecular complexity index is 578. The molecular weight excluding hydrogens is 244 g/mol. The molecule has 1 aromatic carbocycles. The number of rotatable bonds is 3. The third kappa shape index (κ3) is 1.65. The Morgan fingerprint density at radius 1 is 1.47 bits per heavy atom. The summed E-state index contributed by atoms with van der Waals surface area (Å²) in [6.07, 6.45) is 1.62. The smallest absolute Gasteiger partial charge is 0.311 e. The monoisotopic (exact) mass is 260 g/mol. The fourth-order valence-corrected chi connectivity index (χ4v) is 2.80. The van der Waals surface area contributed by atoms with E-state index in [0.29, 0.717) is 19.3 Å². The number of carboxylic acid groups (broad SMARTS) is 1. The largest absolute Gasteiger partial charge is 0.481 e. The van der Waals surface area contributed by atoms with E-state index in [2.05, 4.69) is 0 Å². The zero-order valence-electron chi connectivity index (χ0n) is 10.7. The Hall–Kier alpha value is -1.88. The molecule has 1 unspecified atom stereocenters. The molecule has 19 heavy (non-hydrogen) atoms. The van der Waals surface area contributed by atoms with E-state index in [-0.39, 0.29) is 5.91 Å². The average molecular weight is 260 g/mol. The van der Waals surface area contributed by atoms with Gasteiger partial charge in [-0.15, -0.1) is 0 Å². The molecular formula is C14H16N2O3. The summed E-state index contributed by atoms with van der Waals surface area (Å²) in [7, 11) is 1.74. The molecule has 0 bridgehead atoms. The molecule has 1 atom stereocenters. The maximum Gasteiger partial charge on any atom is 0.311 e. The van der Waals surface area contributed by atoms with Crippen molar-refractivity contribution in [2.45, 2.75) is 25.3 Å². The molecule has 1 aromatic rings. The first kappa shape index (κ1) is 12.2. The van der Waals surface area contributed by atoms with E-state index in [4.69, 9.17) is 5.73 Å². The van der Waals surface area contributed by atoms with Crippen molar-refractivity contribution in [2.75, 3.05) is 11.9 Å². The molecule has 0 saturated heterocycles. The highest BCUT2D eigenvalue weighted by molar-refractivity contribution is 6.01. The molecule has 1 saturated carbocycles. The number of benzene rings is 1. The lowest BCUT2D eigenvalue weighted by Gasteiger charge is -2.20. The average Bonchev–Trinajstić information content (AvgIpc) is 3.13. The van der Waals surface area contributed by atoms with E-state index < -0.39 is 17.4 Å². The lowest BCUT2D eigenvalue weighted by molar-refractivity contribution is -0.144. The number of anilines is 1. The quantitative estimate of drug-likeness (QED) is 0.851. The summed E-state index contributed by atoms with van der Waals surface area (Å²) < 4.78 is 0. The summed E-state index contributed by atoms with van der Waals surface area (Å²) in [5, 5.41) is 9.27. The molecule has 2 aliphatic rings. The van der Waals surface area contributed by atoms with Gasteiger partial charge in [-0.05, 0) is 30.0 Å². The molecule has 100 valence electrons. The normalized spacial score (nSPS) is 21.2. The van der Waals surface area contributed by atoms with Gasteiger partial charge < -0.3 is 15.7 Å². The molecule has 1 amide bonds. The zero-order chi connectivity index (χ0) is 13.8. The molecule has 1 fully saturated rings. The van der Waals surface area contributed by atoms with Gasteiger partial charge in [-0.25, -0.2) is 0 Å². The van der Waals surface area contributed by atoms with Crippen molar-refractivity contribution in [3.63, 3.8) is 0 Å². The molecule has 1 heterocycles. The predicted octanol–water partition coefficient (Wildman–Crippen LogP) is 1.07. The van der Waals surface area contributed by atoms with Gasteiger partial charge in [0.1, 0.15) is 0 Å². The van der Waals surface area contributed by atoms with Crippen molar-refractivity contribution >= 4 is 17.6 Å². The van der Waals surface area contributed by atoms with Gasteiger partial charge in [0, 0.05) is 18.8 Å². The van der Waals surface area contributed by atoms with Gasteiger partial charge in [-0.3, -0.25) is 9.59 Å². The van der Waals surface area contributed by atoms with Crippen molar-refractivity contribution in [1.82, 2.24) is 0 Å². The fraction of sp³-hybridized carbons (Fsp3) is 0.429. The first-order valence-corrected chi connectivity index (χ1v) is 6.34. The van der Waals surface area contributed by atoms with Gasteiger partial charge in [0.25, 0.3) is 0 Å². The number of likely N-dealkylation sites (N-methyl/N-ethyl adjacent to an activating group) is 1. The topological polar surface area (TPSA) is 83.6 Å². The van der Waals surface area contributed by atoms with Crippen LogP contribution in [0, 0.1) is 5.41 Å². The van der Waals surface area contributed by atoms with Crippen LogP contribution in [-0.4, -0.2) is 24.0 Å².